The van der Waals surface area contributed by atoms with Crippen molar-refractivity contribution in [1.82, 2.24) is 15.6 Å². The lowest BCUT2D eigenvalue weighted by Gasteiger charge is -2.10. The highest BCUT2D eigenvalue weighted by Gasteiger charge is 2.11. The Bertz CT molecular complexity index is 726. The Labute approximate surface area is 142 Å². The molecule has 1 heterocycles. The predicted octanol–water partition coefficient (Wildman–Crippen LogP) is 2.71. The lowest BCUT2D eigenvalue weighted by Crippen LogP contribution is -2.28. The lowest BCUT2D eigenvalue weighted by molar-refractivity contribution is 0.0948. The molecule has 0 saturated carbocycles. The molecule has 24 heavy (non-hydrogen) atoms. The van der Waals surface area contributed by atoms with Crippen molar-refractivity contribution in [1.29, 1.82) is 0 Å². The Balaban J connectivity index is 2.01. The van der Waals surface area contributed by atoms with Gasteiger partial charge in [-0.1, -0.05) is 38.1 Å². The third-order valence-electron chi connectivity index (χ3n) is 3.63. The summed E-state index contributed by atoms with van der Waals surface area (Å²) in [5, 5.41) is 5.68. The van der Waals surface area contributed by atoms with E-state index in [-0.39, 0.29) is 11.8 Å². The minimum Gasteiger partial charge on any atom is -0.352 e. The minimum absolute atomic E-state index is 0.218. The molecule has 0 aliphatic heterocycles. The van der Waals surface area contributed by atoms with Gasteiger partial charge < -0.3 is 10.6 Å². The molecule has 0 fully saturated rings. The van der Waals surface area contributed by atoms with Gasteiger partial charge in [0.25, 0.3) is 11.8 Å². The first-order chi connectivity index (χ1) is 11.5. The summed E-state index contributed by atoms with van der Waals surface area (Å²) in [6.07, 6.45) is 2.93. The Morgan fingerprint density at radius 2 is 1.67 bits per heavy atom. The zero-order valence-electron chi connectivity index (χ0n) is 14.3. The molecule has 0 aliphatic carbocycles. The van der Waals surface area contributed by atoms with Crippen molar-refractivity contribution in [2.24, 2.45) is 5.92 Å². The molecule has 1 aromatic carbocycles. The second-order valence-electron chi connectivity index (χ2n) is 6.18. The molecule has 0 atom stereocenters. The van der Waals surface area contributed by atoms with Gasteiger partial charge in [0, 0.05) is 25.5 Å². The Morgan fingerprint density at radius 1 is 1.04 bits per heavy atom. The summed E-state index contributed by atoms with van der Waals surface area (Å²) < 4.78 is 0. The van der Waals surface area contributed by atoms with Gasteiger partial charge in [0.05, 0.1) is 11.1 Å². The highest BCUT2D eigenvalue weighted by atomic mass is 16.2. The van der Waals surface area contributed by atoms with Crippen molar-refractivity contribution in [3.8, 4) is 0 Å². The molecule has 2 N–H and O–H groups in total. The smallest absolute Gasteiger partial charge is 0.253 e. The SMILES string of the molecule is Cc1ccccc1CNC(=O)c1cncc(C(=O)NCC(C)C)c1. The van der Waals surface area contributed by atoms with E-state index in [1.165, 1.54) is 12.4 Å². The van der Waals surface area contributed by atoms with E-state index in [1.807, 2.05) is 45.0 Å². The standard InChI is InChI=1S/C19H23N3O2/c1-13(2)9-21-18(23)16-8-17(11-20-10-16)19(24)22-12-15-7-5-4-6-14(15)3/h4-8,10-11,13H,9,12H2,1-3H3,(H,21,23)(H,22,24). The van der Waals surface area contributed by atoms with E-state index in [4.69, 9.17) is 0 Å². The maximum atomic E-state index is 12.3. The largest absolute Gasteiger partial charge is 0.352 e. The third kappa shape index (κ3) is 4.91. The monoisotopic (exact) mass is 325 g/mol. The number of aryl methyl sites for hydroxylation is 1. The highest BCUT2D eigenvalue weighted by Crippen LogP contribution is 2.08. The molecule has 0 aliphatic rings. The van der Waals surface area contributed by atoms with Crippen LogP contribution in [0.1, 0.15) is 45.7 Å². The summed E-state index contributed by atoms with van der Waals surface area (Å²) >= 11 is 0. The van der Waals surface area contributed by atoms with Gasteiger partial charge in [-0.15, -0.1) is 0 Å². The van der Waals surface area contributed by atoms with Crippen molar-refractivity contribution in [3.05, 3.63) is 65.0 Å². The predicted molar refractivity (Wildman–Crippen MR) is 93.8 cm³/mol. The maximum Gasteiger partial charge on any atom is 0.253 e. The van der Waals surface area contributed by atoms with Crippen LogP contribution in [0.15, 0.2) is 42.7 Å². The highest BCUT2D eigenvalue weighted by molar-refractivity contribution is 5.99. The van der Waals surface area contributed by atoms with Crippen LogP contribution in [0.25, 0.3) is 0 Å². The fraction of sp³-hybridized carbons (Fsp3) is 0.316. The van der Waals surface area contributed by atoms with Crippen molar-refractivity contribution in [2.45, 2.75) is 27.3 Å². The van der Waals surface area contributed by atoms with E-state index < -0.39 is 0 Å². The quantitative estimate of drug-likeness (QED) is 0.858. The van der Waals surface area contributed by atoms with Crippen molar-refractivity contribution in [3.63, 3.8) is 0 Å². The molecule has 2 rings (SSSR count). The molecule has 5 nitrogen and oxygen atoms in total. The van der Waals surface area contributed by atoms with E-state index in [9.17, 15) is 9.59 Å². The number of pyridine rings is 1. The van der Waals surface area contributed by atoms with Crippen molar-refractivity contribution < 1.29 is 9.59 Å². The van der Waals surface area contributed by atoms with Gasteiger partial charge in [-0.25, -0.2) is 0 Å². The minimum atomic E-state index is -0.246. The third-order valence-corrected chi connectivity index (χ3v) is 3.63. The van der Waals surface area contributed by atoms with Crippen molar-refractivity contribution in [2.75, 3.05) is 6.54 Å². The zero-order chi connectivity index (χ0) is 17.5. The number of rotatable bonds is 6. The van der Waals surface area contributed by atoms with Gasteiger partial charge >= 0.3 is 0 Å². The fourth-order valence-electron chi connectivity index (χ4n) is 2.17. The van der Waals surface area contributed by atoms with Crippen LogP contribution >= 0.6 is 0 Å². The molecule has 0 bridgehead atoms. The molecular formula is C19H23N3O2. The van der Waals surface area contributed by atoms with E-state index >= 15 is 0 Å². The number of hydrogen-bond acceptors (Lipinski definition) is 3. The summed E-state index contributed by atoms with van der Waals surface area (Å²) in [4.78, 5) is 28.4. The van der Waals surface area contributed by atoms with Crippen LogP contribution in [0.2, 0.25) is 0 Å². The van der Waals surface area contributed by atoms with Crippen LogP contribution in [0, 0.1) is 12.8 Å². The van der Waals surface area contributed by atoms with Crippen LogP contribution in [0.3, 0.4) is 0 Å². The number of nitrogens with zero attached hydrogens (tertiary/aromatic N) is 1. The topological polar surface area (TPSA) is 71.1 Å². The molecule has 5 heteroatoms. The van der Waals surface area contributed by atoms with Crippen LogP contribution in [-0.4, -0.2) is 23.3 Å². The second kappa shape index (κ2) is 8.24. The van der Waals surface area contributed by atoms with Crippen LogP contribution in [0.5, 0.6) is 0 Å². The first-order valence-electron chi connectivity index (χ1n) is 8.03. The van der Waals surface area contributed by atoms with Crippen LogP contribution in [-0.2, 0) is 6.54 Å². The van der Waals surface area contributed by atoms with E-state index in [2.05, 4.69) is 15.6 Å². The number of carbonyl (C=O) groups is 2. The first-order valence-corrected chi connectivity index (χ1v) is 8.03. The zero-order valence-corrected chi connectivity index (χ0v) is 14.3. The Hall–Kier alpha value is -2.69. The summed E-state index contributed by atoms with van der Waals surface area (Å²) in [7, 11) is 0. The fourth-order valence-corrected chi connectivity index (χ4v) is 2.17. The average Bonchev–Trinajstić information content (AvgIpc) is 2.58. The van der Waals surface area contributed by atoms with E-state index in [1.54, 1.807) is 6.07 Å². The van der Waals surface area contributed by atoms with E-state index in [0.717, 1.165) is 11.1 Å². The summed E-state index contributed by atoms with van der Waals surface area (Å²) in [5.41, 5.74) is 2.95. The van der Waals surface area contributed by atoms with Gasteiger partial charge in [-0.3, -0.25) is 14.6 Å². The van der Waals surface area contributed by atoms with Gasteiger partial charge in [-0.2, -0.15) is 0 Å². The molecule has 0 unspecified atom stereocenters. The van der Waals surface area contributed by atoms with Gasteiger partial charge in [0.1, 0.15) is 0 Å². The molecule has 0 saturated heterocycles. The molecule has 126 valence electrons. The molecule has 0 spiro atoms. The first kappa shape index (κ1) is 17.7. The lowest BCUT2D eigenvalue weighted by atomic mass is 10.1. The van der Waals surface area contributed by atoms with E-state index in [0.29, 0.717) is 30.1 Å². The van der Waals surface area contributed by atoms with Crippen LogP contribution in [0.4, 0.5) is 0 Å². The van der Waals surface area contributed by atoms with Gasteiger partial charge in [-0.05, 0) is 30.0 Å². The van der Waals surface area contributed by atoms with Crippen LogP contribution < -0.4 is 10.6 Å². The molecular weight excluding hydrogens is 302 g/mol. The summed E-state index contributed by atoms with van der Waals surface area (Å²) in [5.74, 6) is -0.100. The maximum absolute atomic E-state index is 12.3. The molecule has 2 aromatic rings. The second-order valence-corrected chi connectivity index (χ2v) is 6.18. The molecule has 2 amide bonds. The van der Waals surface area contributed by atoms with Crippen molar-refractivity contribution >= 4 is 11.8 Å². The number of nitrogens with one attached hydrogen (secondary N) is 2. The Kier molecular flexibility index (Phi) is 6.07. The molecule has 0 radical (unpaired) electrons. The number of carbonyl (C=O) groups excluding carboxylic acids is 2. The summed E-state index contributed by atoms with van der Waals surface area (Å²) in [6, 6.07) is 9.45. The summed E-state index contributed by atoms with van der Waals surface area (Å²) in [6.45, 7) is 7.07. The van der Waals surface area contributed by atoms with Gasteiger partial charge in [0.2, 0.25) is 0 Å². The Morgan fingerprint density at radius 3 is 2.29 bits per heavy atom. The number of aromatic nitrogens is 1. The molecule has 1 aromatic heterocycles. The number of hydrogen-bond donors (Lipinski definition) is 2. The number of benzene rings is 1. The van der Waals surface area contributed by atoms with Gasteiger partial charge in [0.15, 0.2) is 0 Å². The average molecular weight is 325 g/mol. The number of amides is 2. The normalized spacial score (nSPS) is 10.5.